The maximum absolute atomic E-state index is 12.8. The number of hydrogen-bond donors (Lipinski definition) is 2. The summed E-state index contributed by atoms with van der Waals surface area (Å²) in [6.45, 7) is 3.68. The van der Waals surface area contributed by atoms with E-state index < -0.39 is 17.8 Å². The summed E-state index contributed by atoms with van der Waals surface area (Å²) < 4.78 is 0. The van der Waals surface area contributed by atoms with E-state index in [0.717, 1.165) is 16.0 Å². The topological polar surface area (TPSA) is 86.7 Å². The van der Waals surface area contributed by atoms with Gasteiger partial charge in [-0.2, -0.15) is 0 Å². The van der Waals surface area contributed by atoms with Gasteiger partial charge in [0.2, 0.25) is 0 Å². The molecule has 1 aliphatic rings. The second kappa shape index (κ2) is 6.65. The lowest BCUT2D eigenvalue weighted by Crippen LogP contribution is -2.54. The zero-order valence-electron chi connectivity index (χ0n) is 14.0. The monoisotopic (exact) mass is 370 g/mol. The summed E-state index contributed by atoms with van der Waals surface area (Å²) in [5.41, 5.74) is 2.37. The van der Waals surface area contributed by atoms with Gasteiger partial charge in [0, 0.05) is 0 Å². The molecule has 0 saturated carbocycles. The minimum absolute atomic E-state index is 0.0883. The summed E-state index contributed by atoms with van der Waals surface area (Å²) in [4.78, 5) is 38.2. The van der Waals surface area contributed by atoms with Crippen LogP contribution in [-0.4, -0.2) is 23.0 Å². The van der Waals surface area contributed by atoms with Crippen molar-refractivity contribution in [2.45, 2.75) is 13.8 Å². The first-order valence-electron chi connectivity index (χ1n) is 7.75. The quantitative estimate of drug-likeness (QED) is 0.627. The van der Waals surface area contributed by atoms with Crippen molar-refractivity contribution in [1.29, 1.82) is 0 Å². The van der Waals surface area contributed by atoms with Gasteiger partial charge in [0.1, 0.15) is 11.3 Å². The van der Waals surface area contributed by atoms with E-state index in [2.05, 4.69) is 5.32 Å². The maximum Gasteiger partial charge on any atom is 0.335 e. The molecule has 3 rings (SSSR count). The van der Waals surface area contributed by atoms with Crippen LogP contribution in [0.1, 0.15) is 16.7 Å². The first-order valence-corrected chi connectivity index (χ1v) is 8.13. The van der Waals surface area contributed by atoms with Crippen LogP contribution in [0.2, 0.25) is 5.02 Å². The van der Waals surface area contributed by atoms with E-state index in [9.17, 15) is 19.5 Å². The highest BCUT2D eigenvalue weighted by atomic mass is 35.5. The average molecular weight is 371 g/mol. The van der Waals surface area contributed by atoms with Crippen molar-refractivity contribution >= 4 is 41.2 Å². The molecular formula is C19H15ClN2O4. The third-order valence-corrected chi connectivity index (χ3v) is 4.28. The number of urea groups is 1. The predicted molar refractivity (Wildman–Crippen MR) is 98.0 cm³/mol. The number of imide groups is 2. The van der Waals surface area contributed by atoms with Crippen LogP contribution in [0.4, 0.5) is 10.5 Å². The predicted octanol–water partition coefficient (Wildman–Crippen LogP) is 3.33. The molecule has 0 aromatic heterocycles. The Balaban J connectivity index is 2.05. The van der Waals surface area contributed by atoms with Gasteiger partial charge in [-0.25, -0.2) is 9.69 Å². The minimum atomic E-state index is -0.798. The average Bonchev–Trinajstić information content (AvgIpc) is 2.56. The number of nitrogens with one attached hydrogen (secondary N) is 1. The summed E-state index contributed by atoms with van der Waals surface area (Å²) >= 11 is 5.86. The van der Waals surface area contributed by atoms with Crippen molar-refractivity contribution in [3.8, 4) is 5.75 Å². The number of barbiturate groups is 1. The normalized spacial score (nSPS) is 16.2. The van der Waals surface area contributed by atoms with E-state index >= 15 is 0 Å². The molecule has 2 aromatic carbocycles. The van der Waals surface area contributed by atoms with Gasteiger partial charge in [-0.05, 0) is 49.2 Å². The van der Waals surface area contributed by atoms with Crippen LogP contribution in [0.3, 0.4) is 0 Å². The zero-order chi connectivity index (χ0) is 19.0. The first kappa shape index (κ1) is 17.7. The van der Waals surface area contributed by atoms with Crippen LogP contribution in [0.5, 0.6) is 5.75 Å². The molecule has 0 atom stereocenters. The highest BCUT2D eigenvalue weighted by molar-refractivity contribution is 6.39. The van der Waals surface area contributed by atoms with E-state index in [4.69, 9.17) is 11.6 Å². The third-order valence-electron chi connectivity index (χ3n) is 3.98. The number of amides is 4. The number of phenolic OH excluding ortho intramolecular Hbond substituents is 1. The summed E-state index contributed by atoms with van der Waals surface area (Å²) in [6.07, 6.45) is 1.33. The van der Waals surface area contributed by atoms with Crippen LogP contribution in [0.15, 0.2) is 42.0 Å². The van der Waals surface area contributed by atoms with E-state index in [-0.39, 0.29) is 16.3 Å². The van der Waals surface area contributed by atoms with Gasteiger partial charge >= 0.3 is 6.03 Å². The number of rotatable bonds is 2. The zero-order valence-corrected chi connectivity index (χ0v) is 14.8. The van der Waals surface area contributed by atoms with Crippen molar-refractivity contribution in [2.24, 2.45) is 0 Å². The molecule has 7 heteroatoms. The minimum Gasteiger partial charge on any atom is -0.506 e. The molecule has 0 bridgehead atoms. The van der Waals surface area contributed by atoms with E-state index in [0.29, 0.717) is 11.3 Å². The lowest BCUT2D eigenvalue weighted by Gasteiger charge is -2.27. The standard InChI is InChI=1S/C19H15ClN2O4/c1-10-3-5-15(11(2)7-10)22-18(25)13(17(24)21-19(22)26)8-12-4-6-16(23)14(20)9-12/h3-9,23H,1-2H3,(H,21,24,26)/b13-8-. The molecular weight excluding hydrogens is 356 g/mol. The number of anilines is 1. The molecule has 1 aliphatic heterocycles. The molecule has 0 spiro atoms. The lowest BCUT2D eigenvalue weighted by atomic mass is 10.0. The highest BCUT2D eigenvalue weighted by Gasteiger charge is 2.37. The fourth-order valence-electron chi connectivity index (χ4n) is 2.71. The number of carbonyl (C=O) groups is 3. The SMILES string of the molecule is Cc1ccc(N2C(=O)NC(=O)/C(=C/c3ccc(O)c(Cl)c3)C2=O)c(C)c1. The Labute approximate surface area is 154 Å². The molecule has 0 unspecified atom stereocenters. The molecule has 1 heterocycles. The molecule has 2 aromatic rings. The number of nitrogens with zero attached hydrogens (tertiary/aromatic N) is 1. The number of phenols is 1. The third kappa shape index (κ3) is 3.19. The number of aromatic hydroxyl groups is 1. The Hall–Kier alpha value is -3.12. The molecule has 0 aliphatic carbocycles. The molecule has 6 nitrogen and oxygen atoms in total. The van der Waals surface area contributed by atoms with Gasteiger partial charge in [0.15, 0.2) is 0 Å². The second-order valence-electron chi connectivity index (χ2n) is 5.96. The Morgan fingerprint density at radius 1 is 1.08 bits per heavy atom. The van der Waals surface area contributed by atoms with Crippen LogP contribution < -0.4 is 10.2 Å². The maximum atomic E-state index is 12.8. The van der Waals surface area contributed by atoms with E-state index in [1.54, 1.807) is 19.1 Å². The molecule has 132 valence electrons. The summed E-state index contributed by atoms with van der Waals surface area (Å²) in [6, 6.07) is 8.76. The molecule has 2 N–H and O–H groups in total. The molecule has 0 radical (unpaired) electrons. The number of hydrogen-bond acceptors (Lipinski definition) is 4. The van der Waals surface area contributed by atoms with Crippen molar-refractivity contribution in [3.05, 3.63) is 63.7 Å². The van der Waals surface area contributed by atoms with Crippen LogP contribution in [0, 0.1) is 13.8 Å². The molecule has 1 fully saturated rings. The van der Waals surface area contributed by atoms with Crippen molar-refractivity contribution < 1.29 is 19.5 Å². The number of halogens is 1. The fraction of sp³-hybridized carbons (Fsp3) is 0.105. The summed E-state index contributed by atoms with van der Waals surface area (Å²) in [7, 11) is 0. The number of carbonyl (C=O) groups excluding carboxylic acids is 3. The Kier molecular flexibility index (Phi) is 4.52. The smallest absolute Gasteiger partial charge is 0.335 e. The van der Waals surface area contributed by atoms with Gasteiger partial charge in [-0.1, -0.05) is 35.4 Å². The molecule has 4 amide bonds. The second-order valence-corrected chi connectivity index (χ2v) is 6.37. The lowest BCUT2D eigenvalue weighted by molar-refractivity contribution is -0.122. The Morgan fingerprint density at radius 2 is 1.81 bits per heavy atom. The van der Waals surface area contributed by atoms with Crippen molar-refractivity contribution in [3.63, 3.8) is 0 Å². The summed E-state index contributed by atoms with van der Waals surface area (Å²) in [5, 5.41) is 11.7. The number of aryl methyl sites for hydroxylation is 2. The molecule has 26 heavy (non-hydrogen) atoms. The van der Waals surface area contributed by atoms with E-state index in [1.807, 2.05) is 13.0 Å². The summed E-state index contributed by atoms with van der Waals surface area (Å²) in [5.74, 6) is -1.62. The highest BCUT2D eigenvalue weighted by Crippen LogP contribution is 2.28. The van der Waals surface area contributed by atoms with E-state index in [1.165, 1.54) is 24.3 Å². The van der Waals surface area contributed by atoms with Crippen molar-refractivity contribution in [1.82, 2.24) is 5.32 Å². The van der Waals surface area contributed by atoms with Crippen LogP contribution in [-0.2, 0) is 9.59 Å². The van der Waals surface area contributed by atoms with Gasteiger partial charge in [-0.15, -0.1) is 0 Å². The Bertz CT molecular complexity index is 981. The first-order chi connectivity index (χ1) is 12.3. The van der Waals surface area contributed by atoms with Crippen LogP contribution in [0.25, 0.3) is 6.08 Å². The van der Waals surface area contributed by atoms with Crippen molar-refractivity contribution in [2.75, 3.05) is 4.90 Å². The van der Waals surface area contributed by atoms with Gasteiger partial charge < -0.3 is 5.11 Å². The largest absolute Gasteiger partial charge is 0.506 e. The van der Waals surface area contributed by atoms with Crippen LogP contribution >= 0.6 is 11.6 Å². The van der Waals surface area contributed by atoms with Gasteiger partial charge in [0.25, 0.3) is 11.8 Å². The van der Waals surface area contributed by atoms with Gasteiger partial charge in [0.05, 0.1) is 10.7 Å². The molecule has 1 saturated heterocycles. The fourth-order valence-corrected chi connectivity index (χ4v) is 2.90. The number of benzene rings is 2. The van der Waals surface area contributed by atoms with Gasteiger partial charge in [-0.3, -0.25) is 14.9 Å². The Morgan fingerprint density at radius 3 is 2.46 bits per heavy atom.